The quantitative estimate of drug-likeness (QED) is 0.590. The van der Waals surface area contributed by atoms with Crippen molar-refractivity contribution in [2.24, 2.45) is 0 Å². The molecule has 0 aliphatic rings. The second-order valence-corrected chi connectivity index (χ2v) is 5.27. The van der Waals surface area contributed by atoms with Crippen LogP contribution in [0.1, 0.15) is 38.8 Å². The predicted molar refractivity (Wildman–Crippen MR) is 94.0 cm³/mol. The molecule has 5 nitrogen and oxygen atoms in total. The van der Waals surface area contributed by atoms with Crippen molar-refractivity contribution in [2.75, 3.05) is 20.8 Å². The maximum atomic E-state index is 12.5. The van der Waals surface area contributed by atoms with Gasteiger partial charge in [-0.2, -0.15) is 0 Å². The van der Waals surface area contributed by atoms with Crippen molar-refractivity contribution in [3.8, 4) is 0 Å². The number of benzene rings is 1. The first-order valence-corrected chi connectivity index (χ1v) is 8.18. The number of likely N-dealkylation sites (N-methyl/N-ethyl adjacent to an activating group) is 1. The van der Waals surface area contributed by atoms with Crippen LogP contribution in [0, 0.1) is 6.92 Å². The molecule has 0 bridgehead atoms. The highest BCUT2D eigenvalue weighted by Gasteiger charge is 2.24. The van der Waals surface area contributed by atoms with Crippen molar-refractivity contribution in [2.45, 2.75) is 53.2 Å². The van der Waals surface area contributed by atoms with Gasteiger partial charge in [0.1, 0.15) is 6.61 Å². The number of hydrogen-bond acceptors (Lipinski definition) is 4. The maximum absolute atomic E-state index is 12.5. The van der Waals surface area contributed by atoms with Crippen LogP contribution in [0.2, 0.25) is 0 Å². The van der Waals surface area contributed by atoms with E-state index in [1.54, 1.807) is 7.05 Å². The second-order valence-electron chi connectivity index (χ2n) is 5.27. The lowest BCUT2D eigenvalue weighted by molar-refractivity contribution is -0.279. The molecule has 1 rings (SSSR count). The van der Waals surface area contributed by atoms with Crippen molar-refractivity contribution in [3.63, 3.8) is 0 Å². The van der Waals surface area contributed by atoms with Crippen molar-refractivity contribution >= 4 is 5.91 Å². The Balaban J connectivity index is 0.00000232. The molecule has 0 saturated heterocycles. The third-order valence-electron chi connectivity index (χ3n) is 3.48. The zero-order valence-electron chi connectivity index (χ0n) is 15.6. The Kier molecular flexibility index (Phi) is 11.3. The molecule has 1 aromatic rings. The minimum atomic E-state index is -0.236. The summed E-state index contributed by atoms with van der Waals surface area (Å²) in [6, 6.07) is 7.86. The molecule has 0 heterocycles. The Morgan fingerprint density at radius 1 is 1.30 bits per heavy atom. The molecule has 0 aliphatic carbocycles. The van der Waals surface area contributed by atoms with Gasteiger partial charge in [0.25, 0.3) is 0 Å². The Morgan fingerprint density at radius 3 is 2.48 bits per heavy atom. The fourth-order valence-corrected chi connectivity index (χ4v) is 2.09. The average molecular weight is 324 g/mol. The lowest BCUT2D eigenvalue weighted by Gasteiger charge is -2.31. The third-order valence-corrected chi connectivity index (χ3v) is 3.48. The van der Waals surface area contributed by atoms with Gasteiger partial charge in [-0.05, 0) is 33.4 Å². The molecule has 2 atom stereocenters. The van der Waals surface area contributed by atoms with Crippen LogP contribution in [0.15, 0.2) is 24.3 Å². The smallest absolute Gasteiger partial charge is 0.240 e. The van der Waals surface area contributed by atoms with E-state index >= 15 is 0 Å². The number of carbonyl (C=O) groups is 1. The number of amides is 1. The monoisotopic (exact) mass is 324 g/mol. The van der Waals surface area contributed by atoms with E-state index in [9.17, 15) is 4.79 Å². The molecule has 1 aromatic carbocycles. The number of carbonyl (C=O) groups excluding carboxylic acids is 1. The minimum absolute atomic E-state index is 0.0474. The standard InChI is InChI=1S/C16H26N2O3.C2H6/c1-12-7-6-8-15(9-12)10-18(13(2)11-21-20-5)16(19)14(3)17-4;1-2/h6-9,13-14,17H,10-11H2,1-5H3;1-2H3. The van der Waals surface area contributed by atoms with Crippen molar-refractivity contribution in [3.05, 3.63) is 35.4 Å². The summed E-state index contributed by atoms with van der Waals surface area (Å²) in [6.07, 6.45) is 0. The molecule has 132 valence electrons. The van der Waals surface area contributed by atoms with Crippen LogP contribution in [0.25, 0.3) is 0 Å². The van der Waals surface area contributed by atoms with Crippen LogP contribution in [0.4, 0.5) is 0 Å². The lowest BCUT2D eigenvalue weighted by atomic mass is 10.1. The first-order chi connectivity index (χ1) is 11.0. The summed E-state index contributed by atoms with van der Waals surface area (Å²) >= 11 is 0. The van der Waals surface area contributed by atoms with Gasteiger partial charge in [-0.1, -0.05) is 43.7 Å². The van der Waals surface area contributed by atoms with Crippen LogP contribution < -0.4 is 5.32 Å². The highest BCUT2D eigenvalue weighted by atomic mass is 17.2. The summed E-state index contributed by atoms with van der Waals surface area (Å²) in [5.74, 6) is 0.0474. The molecular formula is C18H32N2O3. The van der Waals surface area contributed by atoms with Gasteiger partial charge in [-0.25, -0.2) is 9.78 Å². The van der Waals surface area contributed by atoms with E-state index in [1.165, 1.54) is 12.7 Å². The Morgan fingerprint density at radius 2 is 1.96 bits per heavy atom. The Labute approximate surface area is 140 Å². The molecule has 2 unspecified atom stereocenters. The SMILES string of the molecule is CC.CNC(C)C(=O)N(Cc1cccc(C)c1)C(C)COOC. The number of nitrogens with one attached hydrogen (secondary N) is 1. The highest BCUT2D eigenvalue weighted by Crippen LogP contribution is 2.12. The molecular weight excluding hydrogens is 292 g/mol. The van der Waals surface area contributed by atoms with Gasteiger partial charge >= 0.3 is 0 Å². The number of nitrogens with zero attached hydrogens (tertiary/aromatic N) is 1. The molecule has 1 amide bonds. The topological polar surface area (TPSA) is 50.8 Å². The molecule has 23 heavy (non-hydrogen) atoms. The summed E-state index contributed by atoms with van der Waals surface area (Å²) in [5, 5.41) is 2.99. The largest absolute Gasteiger partial charge is 0.332 e. The molecule has 0 spiro atoms. The van der Waals surface area contributed by atoms with Gasteiger partial charge in [0, 0.05) is 6.54 Å². The Hall–Kier alpha value is -1.43. The minimum Gasteiger partial charge on any atom is -0.332 e. The first kappa shape index (κ1) is 21.6. The molecule has 0 aliphatic heterocycles. The van der Waals surface area contributed by atoms with Crippen LogP contribution in [-0.2, 0) is 21.1 Å². The zero-order valence-corrected chi connectivity index (χ0v) is 15.6. The second kappa shape index (κ2) is 12.0. The van der Waals surface area contributed by atoms with E-state index in [-0.39, 0.29) is 18.0 Å². The zero-order chi connectivity index (χ0) is 17.8. The van der Waals surface area contributed by atoms with Gasteiger partial charge in [0.2, 0.25) is 5.91 Å². The fraction of sp³-hybridized carbons (Fsp3) is 0.611. The van der Waals surface area contributed by atoms with E-state index in [1.807, 2.05) is 57.7 Å². The summed E-state index contributed by atoms with van der Waals surface area (Å²) in [6.45, 7) is 10.7. The normalized spacial score (nSPS) is 12.8. The van der Waals surface area contributed by atoms with Crippen molar-refractivity contribution in [1.29, 1.82) is 0 Å². The summed E-state index contributed by atoms with van der Waals surface area (Å²) < 4.78 is 0. The molecule has 1 N–H and O–H groups in total. The highest BCUT2D eigenvalue weighted by molar-refractivity contribution is 5.81. The lowest BCUT2D eigenvalue weighted by Crippen LogP contribution is -2.48. The van der Waals surface area contributed by atoms with Crippen LogP contribution in [0.5, 0.6) is 0 Å². The van der Waals surface area contributed by atoms with Gasteiger partial charge in [0.15, 0.2) is 0 Å². The van der Waals surface area contributed by atoms with Crippen molar-refractivity contribution in [1.82, 2.24) is 10.2 Å². The summed E-state index contributed by atoms with van der Waals surface area (Å²) in [5.41, 5.74) is 2.29. The Bertz CT molecular complexity index is 452. The van der Waals surface area contributed by atoms with Crippen LogP contribution in [0.3, 0.4) is 0 Å². The predicted octanol–water partition coefficient (Wildman–Crippen LogP) is 2.92. The fourth-order valence-electron chi connectivity index (χ4n) is 2.09. The maximum Gasteiger partial charge on any atom is 0.240 e. The van der Waals surface area contributed by atoms with Gasteiger partial charge < -0.3 is 10.2 Å². The molecule has 0 radical (unpaired) electrons. The summed E-state index contributed by atoms with van der Waals surface area (Å²) in [7, 11) is 3.25. The van der Waals surface area contributed by atoms with Crippen LogP contribution >= 0.6 is 0 Å². The van der Waals surface area contributed by atoms with Gasteiger partial charge in [-0.15, -0.1) is 0 Å². The van der Waals surface area contributed by atoms with E-state index in [0.29, 0.717) is 13.2 Å². The van der Waals surface area contributed by atoms with Crippen LogP contribution in [-0.4, -0.2) is 43.7 Å². The van der Waals surface area contributed by atoms with E-state index < -0.39 is 0 Å². The first-order valence-electron chi connectivity index (χ1n) is 8.18. The number of aryl methyl sites for hydroxylation is 1. The number of rotatable bonds is 8. The van der Waals surface area contributed by atoms with E-state index in [2.05, 4.69) is 16.3 Å². The van der Waals surface area contributed by atoms with Gasteiger partial charge in [-0.3, -0.25) is 4.79 Å². The molecule has 0 aromatic heterocycles. The molecule has 5 heteroatoms. The van der Waals surface area contributed by atoms with Crippen molar-refractivity contribution < 1.29 is 14.6 Å². The molecule has 0 saturated carbocycles. The summed E-state index contributed by atoms with van der Waals surface area (Å²) in [4.78, 5) is 24.0. The van der Waals surface area contributed by atoms with E-state index in [0.717, 1.165) is 5.56 Å². The number of hydrogen-bond donors (Lipinski definition) is 1. The van der Waals surface area contributed by atoms with E-state index in [4.69, 9.17) is 4.89 Å². The van der Waals surface area contributed by atoms with Gasteiger partial charge in [0.05, 0.1) is 19.2 Å². The molecule has 0 fully saturated rings. The average Bonchev–Trinajstić information content (AvgIpc) is 2.58. The third kappa shape index (κ3) is 7.59.